The van der Waals surface area contributed by atoms with Crippen molar-refractivity contribution in [3.8, 4) is 0 Å². The maximum absolute atomic E-state index is 6.07. The lowest BCUT2D eigenvalue weighted by Gasteiger charge is -2.53. The predicted molar refractivity (Wildman–Crippen MR) is 82.5 cm³/mol. The first-order chi connectivity index (χ1) is 9.08. The van der Waals surface area contributed by atoms with Gasteiger partial charge in [0.1, 0.15) is 11.3 Å². The molecule has 2 nitrogen and oxygen atoms in total. The number of fused-ring (bicyclic) bond motifs is 1. The largest absolute Gasteiger partial charge is 0.461 e. The van der Waals surface area contributed by atoms with Gasteiger partial charge in [-0.3, -0.25) is 0 Å². The molecule has 3 heteroatoms. The van der Waals surface area contributed by atoms with E-state index in [0.29, 0.717) is 17.4 Å². The number of rotatable bonds is 3. The van der Waals surface area contributed by atoms with E-state index in [1.165, 1.54) is 18.2 Å². The Morgan fingerprint density at radius 2 is 2.21 bits per heavy atom. The number of halogens is 1. The molecule has 1 N–H and O–H groups in total. The van der Waals surface area contributed by atoms with E-state index in [4.69, 9.17) is 4.42 Å². The highest BCUT2D eigenvalue weighted by atomic mass is 79.9. The van der Waals surface area contributed by atoms with Crippen molar-refractivity contribution in [1.29, 1.82) is 0 Å². The summed E-state index contributed by atoms with van der Waals surface area (Å²) < 4.78 is 7.17. The minimum Gasteiger partial charge on any atom is -0.461 e. The van der Waals surface area contributed by atoms with Crippen molar-refractivity contribution in [2.24, 2.45) is 5.41 Å². The van der Waals surface area contributed by atoms with Gasteiger partial charge in [0, 0.05) is 21.8 Å². The van der Waals surface area contributed by atoms with Crippen LogP contribution in [0, 0.1) is 5.41 Å². The maximum Gasteiger partial charge on any atom is 0.134 e. The zero-order chi connectivity index (χ0) is 13.6. The van der Waals surface area contributed by atoms with Gasteiger partial charge in [-0.05, 0) is 49.6 Å². The molecule has 2 aromatic rings. The lowest BCUT2D eigenvalue weighted by atomic mass is 9.55. The number of benzene rings is 1. The predicted octanol–water partition coefficient (Wildman–Crippen LogP) is 4.69. The van der Waals surface area contributed by atoms with Crippen molar-refractivity contribution in [3.63, 3.8) is 0 Å². The van der Waals surface area contributed by atoms with Crippen molar-refractivity contribution < 1.29 is 4.42 Å². The Balaban J connectivity index is 1.97. The summed E-state index contributed by atoms with van der Waals surface area (Å²) >= 11 is 3.51. The van der Waals surface area contributed by atoms with Crippen molar-refractivity contribution >= 4 is 26.9 Å². The van der Waals surface area contributed by atoms with Gasteiger partial charge in [-0.1, -0.05) is 29.8 Å². The Morgan fingerprint density at radius 1 is 1.42 bits per heavy atom. The highest BCUT2D eigenvalue weighted by Gasteiger charge is 2.51. The number of nitrogens with one attached hydrogen (secondary N) is 1. The smallest absolute Gasteiger partial charge is 0.134 e. The van der Waals surface area contributed by atoms with Crippen LogP contribution in [0.25, 0.3) is 11.0 Å². The Labute approximate surface area is 122 Å². The molecule has 1 saturated carbocycles. The molecule has 1 aliphatic rings. The molecule has 0 spiro atoms. The molecule has 1 heterocycles. The lowest BCUT2D eigenvalue weighted by molar-refractivity contribution is 0.0378. The summed E-state index contributed by atoms with van der Waals surface area (Å²) in [5.41, 5.74) is 1.30. The second-order valence-electron chi connectivity index (χ2n) is 5.82. The SMILES string of the molecule is CCC1(C)C(NC)CC1c1cc2cc(Br)ccc2o1. The molecule has 19 heavy (non-hydrogen) atoms. The quantitative estimate of drug-likeness (QED) is 0.887. The molecule has 3 atom stereocenters. The molecule has 0 aliphatic heterocycles. The van der Waals surface area contributed by atoms with Crippen LogP contribution in [0.5, 0.6) is 0 Å². The van der Waals surface area contributed by atoms with E-state index >= 15 is 0 Å². The van der Waals surface area contributed by atoms with E-state index in [1.807, 2.05) is 12.1 Å². The first-order valence-electron chi connectivity index (χ1n) is 6.94. The standard InChI is InChI=1S/C16H20BrNO/c1-4-16(2)12(9-15(16)18-3)14-8-10-7-11(17)5-6-13(10)19-14/h5-8,12,15,18H,4,9H2,1-3H3. The summed E-state index contributed by atoms with van der Waals surface area (Å²) in [4.78, 5) is 0. The van der Waals surface area contributed by atoms with Gasteiger partial charge in [0.05, 0.1) is 0 Å². The van der Waals surface area contributed by atoms with E-state index in [0.717, 1.165) is 15.8 Å². The number of hydrogen-bond acceptors (Lipinski definition) is 2. The van der Waals surface area contributed by atoms with E-state index in [9.17, 15) is 0 Å². The topological polar surface area (TPSA) is 25.2 Å². The highest BCUT2D eigenvalue weighted by Crippen LogP contribution is 2.55. The number of hydrogen-bond donors (Lipinski definition) is 1. The van der Waals surface area contributed by atoms with Crippen molar-refractivity contribution in [2.45, 2.75) is 38.6 Å². The van der Waals surface area contributed by atoms with Crippen LogP contribution in [0.2, 0.25) is 0 Å². The molecule has 102 valence electrons. The summed E-state index contributed by atoms with van der Waals surface area (Å²) in [6, 6.07) is 9.01. The van der Waals surface area contributed by atoms with E-state index < -0.39 is 0 Å². The Bertz CT molecular complexity index is 606. The molecule has 0 saturated heterocycles. The van der Waals surface area contributed by atoms with Gasteiger partial charge in [-0.2, -0.15) is 0 Å². The minimum absolute atomic E-state index is 0.305. The average Bonchev–Trinajstić information content (AvgIpc) is 2.79. The second-order valence-corrected chi connectivity index (χ2v) is 6.74. The fourth-order valence-corrected chi connectivity index (χ4v) is 3.82. The molecular weight excluding hydrogens is 302 g/mol. The summed E-state index contributed by atoms with van der Waals surface area (Å²) in [6.45, 7) is 4.64. The van der Waals surface area contributed by atoms with E-state index in [1.54, 1.807) is 0 Å². The van der Waals surface area contributed by atoms with E-state index in [-0.39, 0.29) is 0 Å². The van der Waals surface area contributed by atoms with Gasteiger partial charge >= 0.3 is 0 Å². The first-order valence-corrected chi connectivity index (χ1v) is 7.74. The zero-order valence-electron chi connectivity index (χ0n) is 11.7. The molecule has 0 amide bonds. The average molecular weight is 322 g/mol. The summed E-state index contributed by atoms with van der Waals surface area (Å²) in [7, 11) is 2.06. The zero-order valence-corrected chi connectivity index (χ0v) is 13.3. The normalized spacial score (nSPS) is 30.5. The Hall–Kier alpha value is -0.800. The van der Waals surface area contributed by atoms with Crippen LogP contribution in [-0.2, 0) is 0 Å². The molecule has 3 unspecified atom stereocenters. The highest BCUT2D eigenvalue weighted by molar-refractivity contribution is 9.10. The third-order valence-corrected chi connectivity index (χ3v) is 5.51. The van der Waals surface area contributed by atoms with Crippen molar-refractivity contribution in [2.75, 3.05) is 7.05 Å². The third kappa shape index (κ3) is 1.95. The van der Waals surface area contributed by atoms with Gasteiger partial charge in [-0.15, -0.1) is 0 Å². The van der Waals surface area contributed by atoms with Crippen LogP contribution >= 0.6 is 15.9 Å². The summed E-state index contributed by atoms with van der Waals surface area (Å²) in [6.07, 6.45) is 2.34. The van der Waals surface area contributed by atoms with Crippen LogP contribution < -0.4 is 5.32 Å². The minimum atomic E-state index is 0.305. The summed E-state index contributed by atoms with van der Waals surface area (Å²) in [5, 5.41) is 4.63. The van der Waals surface area contributed by atoms with Crippen molar-refractivity contribution in [1.82, 2.24) is 5.32 Å². The lowest BCUT2D eigenvalue weighted by Crippen LogP contribution is -2.55. The first kappa shape index (κ1) is 13.2. The molecular formula is C16H20BrNO. The molecule has 1 aromatic carbocycles. The fourth-order valence-electron chi connectivity index (χ4n) is 3.44. The fraction of sp³-hybridized carbons (Fsp3) is 0.500. The maximum atomic E-state index is 6.07. The van der Waals surface area contributed by atoms with Gasteiger partial charge in [0.15, 0.2) is 0 Å². The molecule has 1 aliphatic carbocycles. The van der Waals surface area contributed by atoms with Crippen LogP contribution in [-0.4, -0.2) is 13.1 Å². The number of furan rings is 1. The van der Waals surface area contributed by atoms with Gasteiger partial charge < -0.3 is 9.73 Å². The van der Waals surface area contributed by atoms with Crippen LogP contribution in [0.1, 0.15) is 38.4 Å². The summed E-state index contributed by atoms with van der Waals surface area (Å²) in [5.74, 6) is 1.67. The molecule has 1 fully saturated rings. The van der Waals surface area contributed by atoms with Crippen LogP contribution in [0.4, 0.5) is 0 Å². The van der Waals surface area contributed by atoms with Crippen molar-refractivity contribution in [3.05, 3.63) is 34.5 Å². The van der Waals surface area contributed by atoms with Crippen LogP contribution in [0.15, 0.2) is 33.2 Å². The van der Waals surface area contributed by atoms with Gasteiger partial charge in [0.2, 0.25) is 0 Å². The Kier molecular flexibility index (Phi) is 3.22. The van der Waals surface area contributed by atoms with E-state index in [2.05, 4.69) is 54.3 Å². The Morgan fingerprint density at radius 3 is 2.89 bits per heavy atom. The monoisotopic (exact) mass is 321 g/mol. The third-order valence-electron chi connectivity index (χ3n) is 5.01. The van der Waals surface area contributed by atoms with Crippen LogP contribution in [0.3, 0.4) is 0 Å². The van der Waals surface area contributed by atoms with Gasteiger partial charge in [0.25, 0.3) is 0 Å². The molecule has 0 bridgehead atoms. The van der Waals surface area contributed by atoms with Gasteiger partial charge in [-0.25, -0.2) is 0 Å². The molecule has 3 rings (SSSR count). The molecule has 0 radical (unpaired) electrons. The second kappa shape index (κ2) is 4.64. The molecule has 1 aromatic heterocycles.